The monoisotopic (exact) mass is 523 g/mol. The molecule has 39 heavy (non-hydrogen) atoms. The summed E-state index contributed by atoms with van der Waals surface area (Å²) in [6, 6.07) is 18.1. The summed E-state index contributed by atoms with van der Waals surface area (Å²) in [5.74, 6) is 1.93. The molecule has 3 heterocycles. The van der Waals surface area contributed by atoms with Gasteiger partial charge in [-0.1, -0.05) is 30.7 Å². The molecule has 0 spiro atoms. The van der Waals surface area contributed by atoms with Crippen LogP contribution in [0, 0.1) is 0 Å². The fourth-order valence-corrected chi connectivity index (χ4v) is 5.30. The molecule has 2 N–H and O–H groups in total. The molecule has 1 saturated heterocycles. The van der Waals surface area contributed by atoms with Crippen LogP contribution in [-0.2, 0) is 4.79 Å². The predicted molar refractivity (Wildman–Crippen MR) is 151 cm³/mol. The van der Waals surface area contributed by atoms with E-state index in [0.717, 1.165) is 41.1 Å². The Morgan fingerprint density at radius 2 is 1.85 bits per heavy atom. The number of nitrogens with two attached hydrogens (primary N) is 1. The van der Waals surface area contributed by atoms with Crippen LogP contribution in [0.15, 0.2) is 73.1 Å². The quantitative estimate of drug-likeness (QED) is 0.335. The van der Waals surface area contributed by atoms with E-state index in [1.54, 1.807) is 6.08 Å². The van der Waals surface area contributed by atoms with E-state index in [4.69, 9.17) is 15.6 Å². The molecule has 1 saturated carbocycles. The molecule has 2 aliphatic rings. The van der Waals surface area contributed by atoms with Gasteiger partial charge in [0.25, 0.3) is 0 Å². The zero-order chi connectivity index (χ0) is 26.8. The molecule has 9 nitrogen and oxygen atoms in total. The Morgan fingerprint density at radius 1 is 1.08 bits per heavy atom. The maximum atomic E-state index is 12.9. The van der Waals surface area contributed by atoms with Crippen LogP contribution in [0.25, 0.3) is 22.3 Å². The number of fused-ring (bicyclic) bond motifs is 1. The molecule has 1 amide bonds. The predicted octanol–water partition coefficient (Wildman–Crippen LogP) is 4.68. The molecular formula is C30H33N7O2. The SMILES string of the molecule is CN(C/C=C/C(=O)N1CCC(n2nc(-c3ccc(Oc4ccccc4)cc3)c3c(N)ncnc32)C1)C1CCC1. The lowest BCUT2D eigenvalue weighted by Gasteiger charge is -2.33. The Labute approximate surface area is 227 Å². The first-order chi connectivity index (χ1) is 19.1. The highest BCUT2D eigenvalue weighted by molar-refractivity contribution is 5.98. The summed E-state index contributed by atoms with van der Waals surface area (Å²) in [6.07, 6.45) is 9.78. The van der Waals surface area contributed by atoms with E-state index in [1.807, 2.05) is 70.3 Å². The van der Waals surface area contributed by atoms with Crippen molar-refractivity contribution >= 4 is 22.8 Å². The van der Waals surface area contributed by atoms with E-state index in [0.29, 0.717) is 30.6 Å². The molecule has 0 bridgehead atoms. The number of ether oxygens (including phenoxy) is 1. The molecule has 9 heteroatoms. The van der Waals surface area contributed by atoms with E-state index in [9.17, 15) is 4.79 Å². The third-order valence-corrected chi connectivity index (χ3v) is 7.80. The molecule has 2 fully saturated rings. The van der Waals surface area contributed by atoms with Crippen molar-refractivity contribution in [2.75, 3.05) is 32.4 Å². The standard InChI is InChI=1S/C30H33N7O2/c1-35(22-7-5-8-22)17-6-11-26(38)36-18-16-23(19-36)37-30-27(29(31)32-20-33-30)28(34-37)21-12-14-25(15-13-21)39-24-9-3-2-4-10-24/h2-4,6,9-15,20,22-23H,5,7-8,16-19H2,1H3,(H2,31,32,33)/b11-6+. The minimum Gasteiger partial charge on any atom is -0.457 e. The van der Waals surface area contributed by atoms with Crippen LogP contribution < -0.4 is 10.5 Å². The van der Waals surface area contributed by atoms with Crippen molar-refractivity contribution in [3.63, 3.8) is 0 Å². The summed E-state index contributed by atoms with van der Waals surface area (Å²) in [5.41, 5.74) is 8.62. The number of carbonyl (C=O) groups excluding carboxylic acids is 1. The largest absolute Gasteiger partial charge is 0.457 e. The Hall–Kier alpha value is -4.24. The third-order valence-electron chi connectivity index (χ3n) is 7.80. The Bertz CT molecular complexity index is 1480. The third kappa shape index (κ3) is 5.22. The highest BCUT2D eigenvalue weighted by Crippen LogP contribution is 2.35. The van der Waals surface area contributed by atoms with E-state index in [2.05, 4.69) is 21.9 Å². The van der Waals surface area contributed by atoms with Gasteiger partial charge in [0.05, 0.1) is 11.4 Å². The van der Waals surface area contributed by atoms with Gasteiger partial charge in [-0.3, -0.25) is 9.69 Å². The summed E-state index contributed by atoms with van der Waals surface area (Å²) in [7, 11) is 2.13. The molecule has 2 aromatic carbocycles. The van der Waals surface area contributed by atoms with Crippen LogP contribution in [0.2, 0.25) is 0 Å². The number of amides is 1. The second-order valence-corrected chi connectivity index (χ2v) is 10.3. The van der Waals surface area contributed by atoms with Gasteiger partial charge in [-0.25, -0.2) is 14.6 Å². The van der Waals surface area contributed by atoms with Crippen molar-refractivity contribution in [3.8, 4) is 22.8 Å². The van der Waals surface area contributed by atoms with Gasteiger partial charge in [-0.2, -0.15) is 5.10 Å². The van der Waals surface area contributed by atoms with Crippen LogP contribution in [0.3, 0.4) is 0 Å². The molecule has 1 atom stereocenters. The number of nitrogens with zero attached hydrogens (tertiary/aromatic N) is 6. The highest BCUT2D eigenvalue weighted by Gasteiger charge is 2.30. The van der Waals surface area contributed by atoms with Crippen molar-refractivity contribution in [2.45, 2.75) is 37.8 Å². The van der Waals surface area contributed by atoms with Gasteiger partial charge < -0.3 is 15.4 Å². The molecular weight excluding hydrogens is 490 g/mol. The number of benzene rings is 2. The molecule has 1 unspecified atom stereocenters. The van der Waals surface area contributed by atoms with E-state index in [1.165, 1.54) is 25.6 Å². The number of rotatable bonds is 8. The van der Waals surface area contributed by atoms with E-state index >= 15 is 0 Å². The first-order valence-corrected chi connectivity index (χ1v) is 13.5. The average Bonchev–Trinajstić information content (AvgIpc) is 3.55. The fraction of sp³-hybridized carbons (Fsp3) is 0.333. The summed E-state index contributed by atoms with van der Waals surface area (Å²) < 4.78 is 7.86. The van der Waals surface area contributed by atoms with E-state index < -0.39 is 0 Å². The summed E-state index contributed by atoms with van der Waals surface area (Å²) in [5, 5.41) is 5.68. The van der Waals surface area contributed by atoms with Gasteiger partial charge >= 0.3 is 0 Å². The molecule has 1 aliphatic carbocycles. The first-order valence-electron chi connectivity index (χ1n) is 13.5. The normalized spacial score (nSPS) is 17.8. The lowest BCUT2D eigenvalue weighted by molar-refractivity contribution is -0.125. The molecule has 0 radical (unpaired) electrons. The number of carbonyl (C=O) groups is 1. The molecule has 1 aliphatic heterocycles. The van der Waals surface area contributed by atoms with Gasteiger partial charge in [-0.05, 0) is 62.7 Å². The van der Waals surface area contributed by atoms with Crippen molar-refractivity contribution in [1.82, 2.24) is 29.5 Å². The minimum absolute atomic E-state index is 0.00578. The number of likely N-dealkylation sites (tertiary alicyclic amines) is 1. The van der Waals surface area contributed by atoms with Gasteiger partial charge in [0, 0.05) is 37.3 Å². The number of para-hydroxylation sites is 1. The number of hydrogen-bond acceptors (Lipinski definition) is 7. The zero-order valence-electron chi connectivity index (χ0n) is 22.1. The molecule has 200 valence electrons. The lowest BCUT2D eigenvalue weighted by Crippen LogP contribution is -2.37. The Morgan fingerprint density at radius 3 is 2.59 bits per heavy atom. The van der Waals surface area contributed by atoms with Gasteiger partial charge in [0.15, 0.2) is 5.65 Å². The summed E-state index contributed by atoms with van der Waals surface area (Å²) in [6.45, 7) is 2.05. The van der Waals surface area contributed by atoms with Crippen LogP contribution in [0.5, 0.6) is 11.5 Å². The lowest BCUT2D eigenvalue weighted by atomic mass is 9.92. The topological polar surface area (TPSA) is 102 Å². The summed E-state index contributed by atoms with van der Waals surface area (Å²) >= 11 is 0. The smallest absolute Gasteiger partial charge is 0.246 e. The molecule has 4 aromatic rings. The minimum atomic E-state index is 0.00578. The zero-order valence-corrected chi connectivity index (χ0v) is 22.1. The van der Waals surface area contributed by atoms with Crippen molar-refractivity contribution in [3.05, 3.63) is 73.1 Å². The van der Waals surface area contributed by atoms with Gasteiger partial charge in [0.1, 0.15) is 29.3 Å². The molecule has 2 aromatic heterocycles. The number of anilines is 1. The fourth-order valence-electron chi connectivity index (χ4n) is 5.30. The van der Waals surface area contributed by atoms with Gasteiger partial charge in [-0.15, -0.1) is 0 Å². The van der Waals surface area contributed by atoms with Crippen molar-refractivity contribution in [1.29, 1.82) is 0 Å². The number of aromatic nitrogens is 4. The number of likely N-dealkylation sites (N-methyl/N-ethyl adjacent to an activating group) is 1. The van der Waals surface area contributed by atoms with Crippen LogP contribution in [-0.4, -0.2) is 68.2 Å². The maximum absolute atomic E-state index is 12.9. The second kappa shape index (κ2) is 10.9. The second-order valence-electron chi connectivity index (χ2n) is 10.3. The first kappa shape index (κ1) is 25.1. The Balaban J connectivity index is 1.19. The summed E-state index contributed by atoms with van der Waals surface area (Å²) in [4.78, 5) is 25.9. The average molecular weight is 524 g/mol. The van der Waals surface area contributed by atoms with Crippen molar-refractivity contribution < 1.29 is 9.53 Å². The number of nitrogen functional groups attached to an aromatic ring is 1. The maximum Gasteiger partial charge on any atom is 0.246 e. The molecule has 6 rings (SSSR count). The van der Waals surface area contributed by atoms with E-state index in [-0.39, 0.29) is 11.9 Å². The highest BCUT2D eigenvalue weighted by atomic mass is 16.5. The Kier molecular flexibility index (Phi) is 6.98. The van der Waals surface area contributed by atoms with Gasteiger partial charge in [0.2, 0.25) is 5.91 Å². The number of hydrogen-bond donors (Lipinski definition) is 1. The van der Waals surface area contributed by atoms with Crippen LogP contribution in [0.4, 0.5) is 5.82 Å². The van der Waals surface area contributed by atoms with Crippen LogP contribution in [0.1, 0.15) is 31.7 Å². The van der Waals surface area contributed by atoms with Crippen molar-refractivity contribution in [2.24, 2.45) is 0 Å². The van der Waals surface area contributed by atoms with Crippen LogP contribution >= 0.6 is 0 Å².